The van der Waals surface area contributed by atoms with E-state index in [0.29, 0.717) is 12.2 Å². The van der Waals surface area contributed by atoms with Gasteiger partial charge in [0.15, 0.2) is 0 Å². The molecule has 6 nitrogen and oxygen atoms in total. The molecule has 0 aromatic heterocycles. The van der Waals surface area contributed by atoms with Crippen LogP contribution in [0.5, 0.6) is 0 Å². The third kappa shape index (κ3) is 6.51. The second kappa shape index (κ2) is 10.0. The van der Waals surface area contributed by atoms with Crippen LogP contribution in [0.4, 0.5) is 21.9 Å². The van der Waals surface area contributed by atoms with Gasteiger partial charge in [-0.05, 0) is 55.3 Å². The highest BCUT2D eigenvalue weighted by molar-refractivity contribution is 5.96. The Labute approximate surface area is 160 Å². The highest BCUT2D eigenvalue weighted by Crippen LogP contribution is 2.15. The Hall–Kier alpha value is -3.28. The minimum absolute atomic E-state index is 0.120. The van der Waals surface area contributed by atoms with E-state index in [9.17, 15) is 9.59 Å². The van der Waals surface area contributed by atoms with Gasteiger partial charge in [0.25, 0.3) is 0 Å². The Morgan fingerprint density at radius 2 is 1.52 bits per heavy atom. The quantitative estimate of drug-likeness (QED) is 0.533. The SMILES string of the molecule is C=CCNC(=O)Nc1ccc(NC(C)C(=O)Nc2ccc(CC)cc2)cc1. The van der Waals surface area contributed by atoms with Crippen molar-refractivity contribution in [2.24, 2.45) is 0 Å². The van der Waals surface area contributed by atoms with Gasteiger partial charge in [-0.15, -0.1) is 6.58 Å². The number of anilines is 3. The molecule has 2 rings (SSSR count). The fraction of sp³-hybridized carbons (Fsp3) is 0.238. The van der Waals surface area contributed by atoms with Crippen LogP contribution in [0.2, 0.25) is 0 Å². The molecule has 2 aromatic carbocycles. The lowest BCUT2D eigenvalue weighted by Gasteiger charge is -2.16. The predicted molar refractivity (Wildman–Crippen MR) is 111 cm³/mol. The number of aryl methyl sites for hydroxylation is 1. The second-order valence-electron chi connectivity index (χ2n) is 6.11. The first kappa shape index (κ1) is 20.0. The minimum Gasteiger partial charge on any atom is -0.374 e. The second-order valence-corrected chi connectivity index (χ2v) is 6.11. The van der Waals surface area contributed by atoms with Gasteiger partial charge in [-0.1, -0.05) is 25.1 Å². The van der Waals surface area contributed by atoms with Crippen molar-refractivity contribution in [2.45, 2.75) is 26.3 Å². The molecule has 2 aromatic rings. The van der Waals surface area contributed by atoms with Crippen molar-refractivity contribution >= 4 is 29.0 Å². The lowest BCUT2D eigenvalue weighted by Crippen LogP contribution is -2.31. The van der Waals surface area contributed by atoms with Gasteiger partial charge in [0.1, 0.15) is 6.04 Å². The molecule has 1 atom stereocenters. The molecule has 3 amide bonds. The summed E-state index contributed by atoms with van der Waals surface area (Å²) in [6.07, 6.45) is 2.57. The summed E-state index contributed by atoms with van der Waals surface area (Å²) in [4.78, 5) is 23.9. The molecule has 0 spiro atoms. The number of amides is 3. The fourth-order valence-electron chi connectivity index (χ4n) is 2.38. The van der Waals surface area contributed by atoms with Gasteiger partial charge in [0.05, 0.1) is 0 Å². The topological polar surface area (TPSA) is 82.3 Å². The van der Waals surface area contributed by atoms with Crippen LogP contribution in [-0.2, 0) is 11.2 Å². The molecule has 0 fully saturated rings. The van der Waals surface area contributed by atoms with Crippen LogP contribution in [0.25, 0.3) is 0 Å². The van der Waals surface area contributed by atoms with E-state index in [1.54, 1.807) is 25.1 Å². The van der Waals surface area contributed by atoms with Crippen molar-refractivity contribution in [3.05, 3.63) is 66.7 Å². The van der Waals surface area contributed by atoms with Gasteiger partial charge in [0, 0.05) is 23.6 Å². The van der Waals surface area contributed by atoms with Crippen LogP contribution < -0.4 is 21.3 Å². The van der Waals surface area contributed by atoms with E-state index < -0.39 is 6.04 Å². The van der Waals surface area contributed by atoms with E-state index in [4.69, 9.17) is 0 Å². The van der Waals surface area contributed by atoms with Gasteiger partial charge in [0.2, 0.25) is 5.91 Å². The summed E-state index contributed by atoms with van der Waals surface area (Å²) >= 11 is 0. The number of benzene rings is 2. The zero-order valence-corrected chi connectivity index (χ0v) is 15.7. The molecule has 6 heteroatoms. The standard InChI is InChI=1S/C21H26N4O2/c1-4-14-22-21(27)25-19-12-10-17(11-13-19)23-15(3)20(26)24-18-8-6-16(5-2)7-9-18/h4,6-13,15,23H,1,5,14H2,2-3H3,(H,24,26)(H2,22,25,27). The number of rotatable bonds is 8. The minimum atomic E-state index is -0.412. The molecule has 0 bridgehead atoms. The molecular weight excluding hydrogens is 340 g/mol. The van der Waals surface area contributed by atoms with Crippen LogP contribution in [0.3, 0.4) is 0 Å². The summed E-state index contributed by atoms with van der Waals surface area (Å²) < 4.78 is 0. The van der Waals surface area contributed by atoms with Crippen molar-refractivity contribution in [1.29, 1.82) is 0 Å². The van der Waals surface area contributed by atoms with E-state index in [-0.39, 0.29) is 11.9 Å². The molecule has 4 N–H and O–H groups in total. The summed E-state index contributed by atoms with van der Waals surface area (Å²) in [6.45, 7) is 7.83. The number of hydrogen-bond acceptors (Lipinski definition) is 3. The highest BCUT2D eigenvalue weighted by Gasteiger charge is 2.13. The first-order valence-electron chi connectivity index (χ1n) is 8.94. The Balaban J connectivity index is 1.86. The maximum absolute atomic E-state index is 12.3. The normalized spacial score (nSPS) is 11.2. The van der Waals surface area contributed by atoms with Crippen molar-refractivity contribution in [3.63, 3.8) is 0 Å². The Morgan fingerprint density at radius 1 is 0.963 bits per heavy atom. The molecule has 0 heterocycles. The van der Waals surface area contributed by atoms with Crippen molar-refractivity contribution < 1.29 is 9.59 Å². The Bertz CT molecular complexity index is 770. The van der Waals surface area contributed by atoms with Gasteiger partial charge in [-0.3, -0.25) is 4.79 Å². The van der Waals surface area contributed by atoms with Gasteiger partial charge in [-0.2, -0.15) is 0 Å². The van der Waals surface area contributed by atoms with E-state index in [1.165, 1.54) is 5.56 Å². The molecule has 27 heavy (non-hydrogen) atoms. The average Bonchev–Trinajstić information content (AvgIpc) is 2.68. The third-order valence-corrected chi connectivity index (χ3v) is 3.96. The van der Waals surface area contributed by atoms with E-state index >= 15 is 0 Å². The summed E-state index contributed by atoms with van der Waals surface area (Å²) in [5.41, 5.74) is 3.45. The molecule has 0 aliphatic rings. The number of carbonyl (C=O) groups excluding carboxylic acids is 2. The Kier molecular flexibility index (Phi) is 7.43. The van der Waals surface area contributed by atoms with Crippen molar-refractivity contribution in [3.8, 4) is 0 Å². The summed E-state index contributed by atoms with van der Waals surface area (Å²) in [5.74, 6) is -0.120. The molecule has 1 unspecified atom stereocenters. The molecule has 0 aliphatic carbocycles. The maximum atomic E-state index is 12.3. The molecule has 0 aliphatic heterocycles. The van der Waals surface area contributed by atoms with Crippen molar-refractivity contribution in [2.75, 3.05) is 22.5 Å². The van der Waals surface area contributed by atoms with Gasteiger partial charge < -0.3 is 21.3 Å². The first-order valence-corrected chi connectivity index (χ1v) is 8.94. The maximum Gasteiger partial charge on any atom is 0.319 e. The van der Waals surface area contributed by atoms with Crippen LogP contribution in [-0.4, -0.2) is 24.5 Å². The van der Waals surface area contributed by atoms with Gasteiger partial charge >= 0.3 is 6.03 Å². The average molecular weight is 366 g/mol. The molecule has 0 saturated carbocycles. The molecule has 0 radical (unpaired) electrons. The number of carbonyl (C=O) groups is 2. The largest absolute Gasteiger partial charge is 0.374 e. The smallest absolute Gasteiger partial charge is 0.319 e. The third-order valence-electron chi connectivity index (χ3n) is 3.96. The number of urea groups is 1. The summed E-state index contributed by atoms with van der Waals surface area (Å²) in [6, 6.07) is 14.3. The zero-order chi connectivity index (χ0) is 19.6. The first-order chi connectivity index (χ1) is 13.0. The summed E-state index contributed by atoms with van der Waals surface area (Å²) in [5, 5.41) is 11.4. The lowest BCUT2D eigenvalue weighted by molar-refractivity contribution is -0.116. The zero-order valence-electron chi connectivity index (χ0n) is 15.7. The molecular formula is C21H26N4O2. The molecule has 142 valence electrons. The van der Waals surface area contributed by atoms with Crippen LogP contribution in [0, 0.1) is 0 Å². The van der Waals surface area contributed by atoms with Crippen LogP contribution in [0.1, 0.15) is 19.4 Å². The van der Waals surface area contributed by atoms with E-state index in [0.717, 1.165) is 17.8 Å². The predicted octanol–water partition coefficient (Wildman–Crippen LogP) is 4.00. The van der Waals surface area contributed by atoms with E-state index in [1.807, 2.05) is 36.4 Å². The molecule has 0 saturated heterocycles. The number of hydrogen-bond donors (Lipinski definition) is 4. The highest BCUT2D eigenvalue weighted by atomic mass is 16.2. The monoisotopic (exact) mass is 366 g/mol. The van der Waals surface area contributed by atoms with Gasteiger partial charge in [-0.25, -0.2) is 4.79 Å². The van der Waals surface area contributed by atoms with E-state index in [2.05, 4.69) is 34.8 Å². The van der Waals surface area contributed by atoms with Crippen LogP contribution in [0.15, 0.2) is 61.2 Å². The van der Waals surface area contributed by atoms with Crippen molar-refractivity contribution in [1.82, 2.24) is 5.32 Å². The lowest BCUT2D eigenvalue weighted by atomic mass is 10.1. The fourth-order valence-corrected chi connectivity index (χ4v) is 2.38. The number of nitrogens with one attached hydrogen (secondary N) is 4. The summed E-state index contributed by atoms with van der Waals surface area (Å²) in [7, 11) is 0. The Morgan fingerprint density at radius 3 is 2.11 bits per heavy atom. The van der Waals surface area contributed by atoms with Crippen LogP contribution >= 0.6 is 0 Å².